The van der Waals surface area contributed by atoms with Gasteiger partial charge in [0.05, 0.1) is 17.7 Å². The summed E-state index contributed by atoms with van der Waals surface area (Å²) in [6, 6.07) is 17.1. The van der Waals surface area contributed by atoms with Crippen molar-refractivity contribution in [2.75, 3.05) is 18.0 Å². The Bertz CT molecular complexity index is 1390. The van der Waals surface area contributed by atoms with Crippen molar-refractivity contribution < 1.29 is 27.1 Å². The van der Waals surface area contributed by atoms with Crippen LogP contribution in [0.2, 0.25) is 0 Å². The zero-order valence-electron chi connectivity index (χ0n) is 22.7. The molecule has 208 valence electrons. The van der Waals surface area contributed by atoms with E-state index >= 15 is 0 Å². The zero-order chi connectivity index (χ0) is 28.7. The Balaban J connectivity index is 2.03. The minimum atomic E-state index is -4.26. The van der Waals surface area contributed by atoms with Crippen molar-refractivity contribution in [1.82, 2.24) is 10.2 Å². The van der Waals surface area contributed by atoms with Crippen LogP contribution in [0.3, 0.4) is 0 Å². The third-order valence-electron chi connectivity index (χ3n) is 6.09. The first-order valence-corrected chi connectivity index (χ1v) is 13.9. The maximum Gasteiger partial charge on any atom is 0.264 e. The average Bonchev–Trinajstić information content (AvgIpc) is 2.90. The highest BCUT2D eigenvalue weighted by molar-refractivity contribution is 7.92. The van der Waals surface area contributed by atoms with Gasteiger partial charge in [-0.2, -0.15) is 0 Å². The van der Waals surface area contributed by atoms with Crippen molar-refractivity contribution in [2.24, 2.45) is 0 Å². The monoisotopic (exact) mass is 555 g/mol. The lowest BCUT2D eigenvalue weighted by molar-refractivity contribution is -0.139. The summed E-state index contributed by atoms with van der Waals surface area (Å²) in [6.45, 7) is 6.55. The highest BCUT2D eigenvalue weighted by Crippen LogP contribution is 2.25. The molecule has 0 fully saturated rings. The Kier molecular flexibility index (Phi) is 9.69. The van der Waals surface area contributed by atoms with Gasteiger partial charge in [-0.1, -0.05) is 29.8 Å². The highest BCUT2D eigenvalue weighted by atomic mass is 32.2. The van der Waals surface area contributed by atoms with Gasteiger partial charge < -0.3 is 15.0 Å². The Morgan fingerprint density at radius 3 is 2.21 bits per heavy atom. The normalized spacial score (nSPS) is 12.1. The Labute approximate surface area is 229 Å². The number of carbonyl (C=O) groups excluding carboxylic acids is 2. The van der Waals surface area contributed by atoms with E-state index < -0.39 is 34.3 Å². The maximum atomic E-state index is 13.9. The molecule has 0 radical (unpaired) electrons. The summed E-state index contributed by atoms with van der Waals surface area (Å²) >= 11 is 0. The second-order valence-electron chi connectivity index (χ2n) is 9.51. The van der Waals surface area contributed by atoms with Crippen molar-refractivity contribution in [3.05, 3.63) is 89.7 Å². The van der Waals surface area contributed by atoms with E-state index in [0.717, 1.165) is 34.1 Å². The third-order valence-corrected chi connectivity index (χ3v) is 7.88. The van der Waals surface area contributed by atoms with Crippen molar-refractivity contribution >= 4 is 27.5 Å². The second-order valence-corrected chi connectivity index (χ2v) is 11.4. The number of ether oxygens (including phenoxy) is 1. The number of benzene rings is 3. The van der Waals surface area contributed by atoms with Gasteiger partial charge in [-0.05, 0) is 81.8 Å². The third kappa shape index (κ3) is 7.57. The number of nitrogens with one attached hydrogen (secondary N) is 1. The Morgan fingerprint density at radius 1 is 0.974 bits per heavy atom. The number of hydrogen-bond donors (Lipinski definition) is 1. The van der Waals surface area contributed by atoms with Gasteiger partial charge in [-0.15, -0.1) is 0 Å². The van der Waals surface area contributed by atoms with Crippen LogP contribution in [0, 0.1) is 12.7 Å². The summed E-state index contributed by atoms with van der Waals surface area (Å²) in [4.78, 5) is 28.0. The lowest BCUT2D eigenvalue weighted by atomic mass is 10.1. The van der Waals surface area contributed by atoms with Crippen molar-refractivity contribution in [3.8, 4) is 5.75 Å². The molecule has 1 atom stereocenters. The van der Waals surface area contributed by atoms with Gasteiger partial charge in [0, 0.05) is 12.6 Å². The van der Waals surface area contributed by atoms with Crippen LogP contribution in [0.1, 0.15) is 31.9 Å². The van der Waals surface area contributed by atoms with Gasteiger partial charge in [-0.25, -0.2) is 12.8 Å². The minimum Gasteiger partial charge on any atom is -0.497 e. The number of hydrogen-bond acceptors (Lipinski definition) is 5. The predicted octanol–water partition coefficient (Wildman–Crippen LogP) is 4.28. The molecule has 0 aliphatic rings. The van der Waals surface area contributed by atoms with E-state index in [4.69, 9.17) is 4.74 Å². The van der Waals surface area contributed by atoms with Crippen LogP contribution >= 0.6 is 0 Å². The molecule has 3 aromatic carbocycles. The van der Waals surface area contributed by atoms with Gasteiger partial charge in [0.15, 0.2) is 0 Å². The van der Waals surface area contributed by atoms with E-state index in [2.05, 4.69) is 5.32 Å². The Hall–Kier alpha value is -3.92. The number of methoxy groups -OCH3 is 1. The lowest BCUT2D eigenvalue weighted by Gasteiger charge is -2.32. The summed E-state index contributed by atoms with van der Waals surface area (Å²) < 4.78 is 47.3. The van der Waals surface area contributed by atoms with E-state index in [1.165, 1.54) is 12.0 Å². The second kappa shape index (κ2) is 12.8. The number of nitrogens with zero attached hydrogens (tertiary/aromatic N) is 2. The first-order valence-electron chi connectivity index (χ1n) is 12.5. The number of aryl methyl sites for hydroxylation is 1. The zero-order valence-corrected chi connectivity index (χ0v) is 23.5. The molecule has 0 saturated heterocycles. The van der Waals surface area contributed by atoms with Crippen LogP contribution in [0.25, 0.3) is 0 Å². The van der Waals surface area contributed by atoms with Crippen LogP contribution in [0.4, 0.5) is 10.1 Å². The van der Waals surface area contributed by atoms with Crippen LogP contribution in [0.15, 0.2) is 77.7 Å². The van der Waals surface area contributed by atoms with Crippen molar-refractivity contribution in [2.45, 2.75) is 51.2 Å². The van der Waals surface area contributed by atoms with E-state index in [1.54, 1.807) is 55.5 Å². The molecular formula is C29H34FN3O5S. The maximum absolute atomic E-state index is 13.9. The molecule has 0 spiro atoms. The number of carbonyl (C=O) groups is 2. The predicted molar refractivity (Wildman–Crippen MR) is 148 cm³/mol. The fourth-order valence-electron chi connectivity index (χ4n) is 3.93. The highest BCUT2D eigenvalue weighted by Gasteiger charge is 2.32. The summed E-state index contributed by atoms with van der Waals surface area (Å²) in [6.07, 6.45) is 0. The molecule has 3 aromatic rings. The largest absolute Gasteiger partial charge is 0.497 e. The fraction of sp³-hybridized carbons (Fsp3) is 0.310. The van der Waals surface area contributed by atoms with E-state index in [0.29, 0.717) is 11.3 Å². The minimum absolute atomic E-state index is 0.0427. The standard InChI is InChI=1S/C29H34FN3O5S/c1-20(2)31-29(35)22(4)32(18-23-7-6-8-26(17-23)38-5)28(34)19-33(25-13-9-21(3)10-14-25)39(36,37)27-15-11-24(30)12-16-27/h6-17,20,22H,18-19H2,1-5H3,(H,31,35). The van der Waals surface area contributed by atoms with E-state index in [9.17, 15) is 22.4 Å². The first kappa shape index (κ1) is 29.6. The van der Waals surface area contributed by atoms with Gasteiger partial charge >= 0.3 is 0 Å². The topological polar surface area (TPSA) is 96.0 Å². The quantitative estimate of drug-likeness (QED) is 0.381. The molecule has 1 unspecified atom stereocenters. The summed E-state index contributed by atoms with van der Waals surface area (Å²) in [5, 5.41) is 2.81. The van der Waals surface area contributed by atoms with Crippen LogP contribution in [0.5, 0.6) is 5.75 Å². The van der Waals surface area contributed by atoms with E-state index in [-0.39, 0.29) is 29.1 Å². The Morgan fingerprint density at radius 2 is 1.62 bits per heavy atom. The first-order chi connectivity index (χ1) is 18.4. The molecule has 1 N–H and O–H groups in total. The fourth-order valence-corrected chi connectivity index (χ4v) is 5.34. The van der Waals surface area contributed by atoms with Crippen molar-refractivity contribution in [1.29, 1.82) is 0 Å². The van der Waals surface area contributed by atoms with Gasteiger partial charge in [0.1, 0.15) is 24.2 Å². The molecule has 0 aliphatic heterocycles. The molecule has 0 aromatic heterocycles. The van der Waals surface area contributed by atoms with Crippen LogP contribution < -0.4 is 14.4 Å². The number of amides is 2. The molecule has 0 saturated carbocycles. The van der Waals surface area contributed by atoms with E-state index in [1.807, 2.05) is 20.8 Å². The number of halogens is 1. The average molecular weight is 556 g/mol. The number of sulfonamides is 1. The molecular weight excluding hydrogens is 521 g/mol. The number of anilines is 1. The van der Waals surface area contributed by atoms with Gasteiger partial charge in [0.25, 0.3) is 10.0 Å². The summed E-state index contributed by atoms with van der Waals surface area (Å²) in [7, 11) is -2.73. The molecule has 39 heavy (non-hydrogen) atoms. The smallest absolute Gasteiger partial charge is 0.264 e. The molecule has 0 aliphatic carbocycles. The molecule has 8 nitrogen and oxygen atoms in total. The molecule has 0 bridgehead atoms. The molecule has 0 heterocycles. The van der Waals surface area contributed by atoms with Gasteiger partial charge in [0.2, 0.25) is 11.8 Å². The SMILES string of the molecule is COc1cccc(CN(C(=O)CN(c2ccc(C)cc2)S(=O)(=O)c2ccc(F)cc2)C(C)C(=O)NC(C)C)c1. The van der Waals surface area contributed by atoms with Crippen LogP contribution in [-0.2, 0) is 26.2 Å². The van der Waals surface area contributed by atoms with Gasteiger partial charge in [-0.3, -0.25) is 13.9 Å². The number of rotatable bonds is 11. The van der Waals surface area contributed by atoms with Crippen LogP contribution in [-0.4, -0.2) is 50.9 Å². The summed E-state index contributed by atoms with van der Waals surface area (Å²) in [5.41, 5.74) is 1.87. The molecule has 10 heteroatoms. The molecule has 3 rings (SSSR count). The van der Waals surface area contributed by atoms with Crippen molar-refractivity contribution in [3.63, 3.8) is 0 Å². The summed E-state index contributed by atoms with van der Waals surface area (Å²) in [5.74, 6) is -0.958. The lowest BCUT2D eigenvalue weighted by Crippen LogP contribution is -2.52. The molecule has 2 amide bonds.